The van der Waals surface area contributed by atoms with Gasteiger partial charge >= 0.3 is 0 Å². The fourth-order valence-electron chi connectivity index (χ4n) is 3.91. The van der Waals surface area contributed by atoms with E-state index in [4.69, 9.17) is 14.7 Å². The van der Waals surface area contributed by atoms with Crippen LogP contribution >= 0.6 is 11.3 Å². The number of sulfone groups is 1. The Kier molecular flexibility index (Phi) is 8.60. The van der Waals surface area contributed by atoms with E-state index in [0.717, 1.165) is 10.4 Å². The van der Waals surface area contributed by atoms with E-state index in [1.165, 1.54) is 11.3 Å². The topological polar surface area (TPSA) is 131 Å². The largest absolute Gasteiger partial charge is 0.382 e. The van der Waals surface area contributed by atoms with Crippen LogP contribution in [0, 0.1) is 0 Å². The van der Waals surface area contributed by atoms with Crippen molar-refractivity contribution >= 4 is 38.7 Å². The third kappa shape index (κ3) is 5.98. The van der Waals surface area contributed by atoms with Crippen LogP contribution in [-0.4, -0.2) is 58.1 Å². The third-order valence-electron chi connectivity index (χ3n) is 5.56. The van der Waals surface area contributed by atoms with Gasteiger partial charge < -0.3 is 14.8 Å². The summed E-state index contributed by atoms with van der Waals surface area (Å²) < 4.78 is 34.9. The summed E-state index contributed by atoms with van der Waals surface area (Å²) in [6.07, 6.45) is 1.23. The van der Waals surface area contributed by atoms with E-state index in [0.29, 0.717) is 43.0 Å². The van der Waals surface area contributed by atoms with Crippen molar-refractivity contribution in [1.82, 2.24) is 5.48 Å². The van der Waals surface area contributed by atoms with Crippen LogP contribution in [0.15, 0.2) is 36.4 Å². The van der Waals surface area contributed by atoms with Gasteiger partial charge in [-0.05, 0) is 42.7 Å². The van der Waals surface area contributed by atoms with Gasteiger partial charge in [-0.1, -0.05) is 18.6 Å². The zero-order valence-corrected chi connectivity index (χ0v) is 20.0. The van der Waals surface area contributed by atoms with Crippen molar-refractivity contribution in [3.8, 4) is 10.4 Å². The lowest BCUT2D eigenvalue weighted by molar-refractivity contribution is -0.130. The second-order valence-electron chi connectivity index (χ2n) is 7.82. The quantitative estimate of drug-likeness (QED) is 0.262. The second-order valence-corrected chi connectivity index (χ2v) is 11.3. The van der Waals surface area contributed by atoms with Crippen LogP contribution in [0.3, 0.4) is 0 Å². The molecule has 1 aromatic carbocycles. The molecule has 0 radical (unpaired) electrons. The summed E-state index contributed by atoms with van der Waals surface area (Å²) in [4.78, 5) is 25.5. The van der Waals surface area contributed by atoms with Gasteiger partial charge in [-0.3, -0.25) is 14.8 Å². The standard InChI is InChI=1S/C22H28N2O7S2/c1-30-10-11-31-15-21(26)23-17-6-4-5-16(13-17)18-7-8-19(32-18)22(14-20(25)24-27)9-2-3-12-33(22,28)29/h4-8,13,27H,2-3,9-12,14-15H2,1H3,(H,23,26)(H,24,25)/t22-/m0/s1. The van der Waals surface area contributed by atoms with Crippen molar-refractivity contribution in [2.45, 2.75) is 30.4 Å². The number of ether oxygens (including phenoxy) is 2. The average molecular weight is 497 g/mol. The maximum absolute atomic E-state index is 13.1. The number of hydrogen-bond acceptors (Lipinski definition) is 8. The van der Waals surface area contributed by atoms with Crippen LogP contribution in [-0.2, 0) is 33.6 Å². The molecule has 2 amide bonds. The van der Waals surface area contributed by atoms with E-state index in [9.17, 15) is 18.0 Å². The maximum Gasteiger partial charge on any atom is 0.250 e. The number of carbonyl (C=O) groups excluding carboxylic acids is 2. The molecule has 0 bridgehead atoms. The Labute approximate surface area is 197 Å². The summed E-state index contributed by atoms with van der Waals surface area (Å²) in [6.45, 7) is 0.631. The molecule has 2 heterocycles. The Morgan fingerprint density at radius 3 is 2.70 bits per heavy atom. The van der Waals surface area contributed by atoms with Crippen LogP contribution in [0.1, 0.15) is 30.6 Å². The number of hydrogen-bond donors (Lipinski definition) is 3. The molecule has 1 saturated heterocycles. The molecule has 3 N–H and O–H groups in total. The first-order valence-corrected chi connectivity index (χ1v) is 13.0. The van der Waals surface area contributed by atoms with Gasteiger partial charge in [-0.15, -0.1) is 11.3 Å². The van der Waals surface area contributed by atoms with Gasteiger partial charge in [0.25, 0.3) is 0 Å². The minimum atomic E-state index is -3.59. The van der Waals surface area contributed by atoms with Gasteiger partial charge in [-0.2, -0.15) is 0 Å². The van der Waals surface area contributed by atoms with E-state index >= 15 is 0 Å². The molecule has 1 aliphatic heterocycles. The number of methoxy groups -OCH3 is 1. The Morgan fingerprint density at radius 2 is 1.97 bits per heavy atom. The zero-order valence-electron chi connectivity index (χ0n) is 18.3. The molecular formula is C22H28N2O7S2. The van der Waals surface area contributed by atoms with Gasteiger partial charge in [-0.25, -0.2) is 13.9 Å². The predicted octanol–water partition coefficient (Wildman–Crippen LogP) is 2.71. The van der Waals surface area contributed by atoms with Gasteiger partial charge in [0.05, 0.1) is 25.4 Å². The number of benzene rings is 1. The smallest absolute Gasteiger partial charge is 0.250 e. The first-order valence-electron chi connectivity index (χ1n) is 10.5. The summed E-state index contributed by atoms with van der Waals surface area (Å²) in [7, 11) is -2.04. The summed E-state index contributed by atoms with van der Waals surface area (Å²) in [5, 5.41) is 11.8. The number of hydroxylamine groups is 1. The Balaban J connectivity index is 1.82. The predicted molar refractivity (Wildman–Crippen MR) is 125 cm³/mol. The number of nitrogens with one attached hydrogen (secondary N) is 2. The van der Waals surface area contributed by atoms with E-state index < -0.39 is 20.5 Å². The lowest BCUT2D eigenvalue weighted by Crippen LogP contribution is -2.43. The zero-order chi connectivity index (χ0) is 23.9. The van der Waals surface area contributed by atoms with Crippen LogP contribution in [0.25, 0.3) is 10.4 Å². The van der Waals surface area contributed by atoms with Crippen LogP contribution in [0.5, 0.6) is 0 Å². The molecule has 2 aromatic rings. The lowest BCUT2D eigenvalue weighted by Gasteiger charge is -2.35. The van der Waals surface area contributed by atoms with Crippen molar-refractivity contribution in [2.75, 3.05) is 38.0 Å². The van der Waals surface area contributed by atoms with Crippen LogP contribution in [0.4, 0.5) is 5.69 Å². The second kappa shape index (κ2) is 11.2. The minimum absolute atomic E-state index is 0.00686. The number of amides is 2. The molecule has 0 saturated carbocycles. The van der Waals surface area contributed by atoms with Crippen LogP contribution < -0.4 is 10.8 Å². The molecule has 0 spiro atoms. The SMILES string of the molecule is COCCOCC(=O)Nc1cccc(-c2ccc([C@@]3(CC(=O)NO)CCCCS3(=O)=O)s2)c1. The molecule has 0 unspecified atom stereocenters. The Morgan fingerprint density at radius 1 is 1.15 bits per heavy atom. The molecule has 33 heavy (non-hydrogen) atoms. The third-order valence-corrected chi connectivity index (χ3v) is 9.61. The van der Waals surface area contributed by atoms with Gasteiger partial charge in [0.2, 0.25) is 11.8 Å². The molecule has 1 aliphatic rings. The molecule has 1 atom stereocenters. The van der Waals surface area contributed by atoms with E-state index in [1.54, 1.807) is 36.9 Å². The summed E-state index contributed by atoms with van der Waals surface area (Å²) >= 11 is 1.30. The molecular weight excluding hydrogens is 468 g/mol. The van der Waals surface area contributed by atoms with E-state index in [1.807, 2.05) is 12.1 Å². The highest BCUT2D eigenvalue weighted by atomic mass is 32.2. The van der Waals surface area contributed by atoms with E-state index in [-0.39, 0.29) is 24.7 Å². The number of thiophene rings is 1. The summed E-state index contributed by atoms with van der Waals surface area (Å²) in [6, 6.07) is 10.8. The molecule has 3 rings (SSSR count). The highest BCUT2D eigenvalue weighted by Gasteiger charge is 2.49. The Hall–Kier alpha value is -2.31. The fourth-order valence-corrected chi connectivity index (χ4v) is 7.68. The molecule has 180 valence electrons. The molecule has 9 nitrogen and oxygen atoms in total. The molecule has 1 aromatic heterocycles. The highest BCUT2D eigenvalue weighted by molar-refractivity contribution is 7.92. The first kappa shape index (κ1) is 25.3. The van der Waals surface area contributed by atoms with E-state index in [2.05, 4.69) is 5.32 Å². The van der Waals surface area contributed by atoms with Gasteiger partial charge in [0, 0.05) is 22.6 Å². The number of carbonyl (C=O) groups is 2. The Bertz CT molecular complexity index is 1080. The normalized spacial score (nSPS) is 19.7. The lowest BCUT2D eigenvalue weighted by atomic mass is 9.94. The molecule has 0 aliphatic carbocycles. The van der Waals surface area contributed by atoms with Crippen molar-refractivity contribution in [1.29, 1.82) is 0 Å². The maximum atomic E-state index is 13.1. The van der Waals surface area contributed by atoms with Gasteiger partial charge in [0.1, 0.15) is 11.4 Å². The molecule has 11 heteroatoms. The number of anilines is 1. The summed E-state index contributed by atoms with van der Waals surface area (Å²) in [5.41, 5.74) is 2.96. The van der Waals surface area contributed by atoms with Gasteiger partial charge in [0.15, 0.2) is 9.84 Å². The van der Waals surface area contributed by atoms with Crippen molar-refractivity contribution in [3.05, 3.63) is 41.3 Å². The minimum Gasteiger partial charge on any atom is -0.382 e. The van der Waals surface area contributed by atoms with Crippen LogP contribution in [0.2, 0.25) is 0 Å². The van der Waals surface area contributed by atoms with Crippen molar-refractivity contribution in [2.24, 2.45) is 0 Å². The summed E-state index contributed by atoms with van der Waals surface area (Å²) in [5.74, 6) is -1.02. The average Bonchev–Trinajstić information content (AvgIpc) is 3.29. The highest BCUT2D eigenvalue weighted by Crippen LogP contribution is 2.47. The fraction of sp³-hybridized carbons (Fsp3) is 0.455. The monoisotopic (exact) mass is 496 g/mol. The van der Waals surface area contributed by atoms with Crippen molar-refractivity contribution in [3.63, 3.8) is 0 Å². The number of rotatable bonds is 10. The van der Waals surface area contributed by atoms with Crippen molar-refractivity contribution < 1.29 is 32.7 Å². The first-order chi connectivity index (χ1) is 15.8. The molecule has 1 fully saturated rings.